The second kappa shape index (κ2) is 8.43. The zero-order chi connectivity index (χ0) is 23.9. The van der Waals surface area contributed by atoms with Gasteiger partial charge in [0.05, 0.1) is 21.7 Å². The minimum Gasteiger partial charge on any atom is -0.488 e. The Kier molecular flexibility index (Phi) is 6.35. The number of ether oxygens (including phenoxy) is 1. The zero-order valence-corrected chi connectivity index (χ0v) is 17.2. The van der Waals surface area contributed by atoms with Crippen molar-refractivity contribution < 1.29 is 43.9 Å². The molecular weight excluding hydrogens is 469 g/mol. The van der Waals surface area contributed by atoms with Crippen LogP contribution < -0.4 is 9.46 Å². The number of alkyl halides is 6. The van der Waals surface area contributed by atoms with Crippen LogP contribution in [0.4, 0.5) is 36.4 Å². The lowest BCUT2D eigenvalue weighted by Crippen LogP contribution is -2.23. The van der Waals surface area contributed by atoms with Crippen molar-refractivity contribution in [2.24, 2.45) is 0 Å². The Balaban J connectivity index is 1.91. The van der Waals surface area contributed by atoms with E-state index in [0.717, 1.165) is 12.1 Å². The molecule has 1 aliphatic heterocycles. The summed E-state index contributed by atoms with van der Waals surface area (Å²) in [6.07, 6.45) is -9.87. The third-order valence-corrected chi connectivity index (χ3v) is 6.12. The summed E-state index contributed by atoms with van der Waals surface area (Å²) in [5, 5.41) is 0. The van der Waals surface area contributed by atoms with Crippen molar-refractivity contribution in [3.8, 4) is 5.75 Å². The lowest BCUT2D eigenvalue weighted by atomic mass is 10.1. The van der Waals surface area contributed by atoms with Gasteiger partial charge in [0, 0.05) is 19.2 Å². The van der Waals surface area contributed by atoms with Gasteiger partial charge in [0.1, 0.15) is 17.7 Å². The highest BCUT2D eigenvalue weighted by atomic mass is 32.2. The number of benzene rings is 2. The van der Waals surface area contributed by atoms with Crippen LogP contribution in [-0.4, -0.2) is 39.6 Å². The van der Waals surface area contributed by atoms with E-state index in [1.165, 1.54) is 0 Å². The SMILES string of the molecule is CN1CCC(Oc2cc(NS(=O)(=O)c3ccc(C(F)(F)F)c(F)c3)ccc2C(F)(F)F)C1. The van der Waals surface area contributed by atoms with E-state index in [4.69, 9.17) is 4.74 Å². The Morgan fingerprint density at radius 2 is 1.62 bits per heavy atom. The van der Waals surface area contributed by atoms with Crippen LogP contribution in [0.1, 0.15) is 17.5 Å². The van der Waals surface area contributed by atoms with Crippen molar-refractivity contribution >= 4 is 15.7 Å². The number of nitrogens with one attached hydrogen (secondary N) is 1. The molecule has 1 N–H and O–H groups in total. The first kappa shape index (κ1) is 24.1. The minimum atomic E-state index is -5.02. The first-order valence-electron chi connectivity index (χ1n) is 9.13. The topological polar surface area (TPSA) is 58.6 Å². The molecule has 1 aliphatic rings. The number of rotatable bonds is 5. The summed E-state index contributed by atoms with van der Waals surface area (Å²) >= 11 is 0. The summed E-state index contributed by atoms with van der Waals surface area (Å²) in [6, 6.07) is 3.28. The average Bonchev–Trinajstić information content (AvgIpc) is 3.04. The molecule has 0 aliphatic carbocycles. The van der Waals surface area contributed by atoms with Crippen LogP contribution in [0.15, 0.2) is 41.3 Å². The van der Waals surface area contributed by atoms with Crippen molar-refractivity contribution in [3.63, 3.8) is 0 Å². The predicted octanol–water partition coefficient (Wildman–Crippen LogP) is 4.75. The number of halogens is 7. The summed E-state index contributed by atoms with van der Waals surface area (Å²) in [7, 11) is -2.84. The Bertz CT molecular complexity index is 1100. The third kappa shape index (κ3) is 5.44. The molecule has 0 saturated carbocycles. The van der Waals surface area contributed by atoms with E-state index < -0.39 is 56.1 Å². The highest BCUT2D eigenvalue weighted by molar-refractivity contribution is 7.92. The maximum absolute atomic E-state index is 13.8. The second-order valence-corrected chi connectivity index (χ2v) is 8.93. The molecular formula is C19H17F7N2O3S. The Morgan fingerprint density at radius 3 is 2.16 bits per heavy atom. The second-order valence-electron chi connectivity index (χ2n) is 7.24. The molecule has 32 heavy (non-hydrogen) atoms. The quantitative estimate of drug-likeness (QED) is 0.620. The molecule has 1 unspecified atom stereocenters. The van der Waals surface area contributed by atoms with Gasteiger partial charge in [-0.3, -0.25) is 4.72 Å². The van der Waals surface area contributed by atoms with E-state index in [9.17, 15) is 39.2 Å². The van der Waals surface area contributed by atoms with Gasteiger partial charge in [-0.1, -0.05) is 0 Å². The molecule has 1 heterocycles. The van der Waals surface area contributed by atoms with E-state index in [1.54, 1.807) is 7.05 Å². The van der Waals surface area contributed by atoms with Gasteiger partial charge in [-0.05, 0) is 43.8 Å². The highest BCUT2D eigenvalue weighted by Gasteiger charge is 2.37. The first-order valence-corrected chi connectivity index (χ1v) is 10.6. The molecule has 0 aromatic heterocycles. The molecule has 0 bridgehead atoms. The molecule has 1 atom stereocenters. The van der Waals surface area contributed by atoms with E-state index in [2.05, 4.69) is 0 Å². The van der Waals surface area contributed by atoms with Crippen LogP contribution in [0.5, 0.6) is 5.75 Å². The fourth-order valence-corrected chi connectivity index (χ4v) is 4.26. The van der Waals surface area contributed by atoms with Gasteiger partial charge in [-0.15, -0.1) is 0 Å². The van der Waals surface area contributed by atoms with Crippen LogP contribution in [0.25, 0.3) is 0 Å². The molecule has 1 fully saturated rings. The van der Waals surface area contributed by atoms with Crippen LogP contribution in [0, 0.1) is 5.82 Å². The Labute approximate surface area is 178 Å². The summed E-state index contributed by atoms with van der Waals surface area (Å²) in [4.78, 5) is 1.02. The summed E-state index contributed by atoms with van der Waals surface area (Å²) < 4.78 is 124. The first-order chi connectivity index (χ1) is 14.7. The van der Waals surface area contributed by atoms with Gasteiger partial charge in [0.2, 0.25) is 0 Å². The summed E-state index contributed by atoms with van der Waals surface area (Å²) in [5.41, 5.74) is -3.10. The monoisotopic (exact) mass is 486 g/mol. The van der Waals surface area contributed by atoms with E-state index in [1.807, 2.05) is 9.62 Å². The zero-order valence-electron chi connectivity index (χ0n) is 16.4. The lowest BCUT2D eigenvalue weighted by Gasteiger charge is -2.19. The third-order valence-electron chi connectivity index (χ3n) is 4.74. The highest BCUT2D eigenvalue weighted by Crippen LogP contribution is 2.39. The van der Waals surface area contributed by atoms with Crippen LogP contribution in [0.2, 0.25) is 0 Å². The fourth-order valence-electron chi connectivity index (χ4n) is 3.19. The van der Waals surface area contributed by atoms with Crippen molar-refractivity contribution in [1.29, 1.82) is 0 Å². The molecule has 13 heteroatoms. The predicted molar refractivity (Wildman–Crippen MR) is 100 cm³/mol. The largest absolute Gasteiger partial charge is 0.488 e. The van der Waals surface area contributed by atoms with Crippen LogP contribution in [0.3, 0.4) is 0 Å². The number of hydrogen-bond donors (Lipinski definition) is 1. The van der Waals surface area contributed by atoms with Crippen molar-refractivity contribution in [2.45, 2.75) is 29.8 Å². The average molecular weight is 486 g/mol. The number of likely N-dealkylation sites (N-methyl/N-ethyl adjacent to an activating group) is 1. The summed E-state index contributed by atoms with van der Waals surface area (Å²) in [6.45, 7) is 0.982. The molecule has 5 nitrogen and oxygen atoms in total. The van der Waals surface area contributed by atoms with Crippen molar-refractivity contribution in [1.82, 2.24) is 4.90 Å². The molecule has 2 aromatic carbocycles. The number of sulfonamides is 1. The number of anilines is 1. The van der Waals surface area contributed by atoms with Crippen LogP contribution >= 0.6 is 0 Å². The molecule has 3 rings (SSSR count). The van der Waals surface area contributed by atoms with E-state index in [-0.39, 0.29) is 17.8 Å². The minimum absolute atomic E-state index is 0.182. The molecule has 1 saturated heterocycles. The Morgan fingerprint density at radius 1 is 1.00 bits per heavy atom. The van der Waals surface area contributed by atoms with Gasteiger partial charge in [0.25, 0.3) is 10.0 Å². The fraction of sp³-hybridized carbons (Fsp3) is 0.368. The standard InChI is InChI=1S/C19H17F7N2O3S/c1-28-7-6-12(10-28)31-17-8-11(2-4-15(17)19(24,25)26)27-32(29,30)13-3-5-14(16(20)9-13)18(21,22)23/h2-5,8-9,12,27H,6-7,10H2,1H3. The summed E-state index contributed by atoms with van der Waals surface area (Å²) in [5.74, 6) is -2.40. The maximum atomic E-state index is 13.8. The smallest absolute Gasteiger partial charge is 0.419 e. The van der Waals surface area contributed by atoms with Crippen LogP contribution in [-0.2, 0) is 22.4 Å². The lowest BCUT2D eigenvalue weighted by molar-refractivity contribution is -0.140. The maximum Gasteiger partial charge on any atom is 0.419 e. The number of hydrogen-bond acceptors (Lipinski definition) is 4. The van der Waals surface area contributed by atoms with E-state index in [0.29, 0.717) is 31.6 Å². The molecule has 2 aromatic rings. The molecule has 176 valence electrons. The number of likely N-dealkylation sites (tertiary alicyclic amines) is 1. The molecule has 0 radical (unpaired) electrons. The normalized spacial score (nSPS) is 18.1. The Hall–Kier alpha value is -2.54. The molecule has 0 spiro atoms. The van der Waals surface area contributed by atoms with E-state index >= 15 is 0 Å². The van der Waals surface area contributed by atoms with Crippen molar-refractivity contribution in [2.75, 3.05) is 24.9 Å². The number of nitrogens with zero attached hydrogens (tertiary/aromatic N) is 1. The van der Waals surface area contributed by atoms with Gasteiger partial charge < -0.3 is 9.64 Å². The van der Waals surface area contributed by atoms with Gasteiger partial charge in [-0.2, -0.15) is 26.3 Å². The van der Waals surface area contributed by atoms with Gasteiger partial charge >= 0.3 is 12.4 Å². The van der Waals surface area contributed by atoms with Gasteiger partial charge in [0.15, 0.2) is 0 Å². The van der Waals surface area contributed by atoms with Gasteiger partial charge in [-0.25, -0.2) is 12.8 Å². The van der Waals surface area contributed by atoms with Crippen molar-refractivity contribution in [3.05, 3.63) is 53.3 Å². The molecule has 0 amide bonds.